The molecule has 1 amide bonds. The summed E-state index contributed by atoms with van der Waals surface area (Å²) in [6.45, 7) is 0.331. The number of nitrogens with zero attached hydrogens (tertiary/aromatic N) is 2. The molecule has 2 aromatic heterocycles. The minimum absolute atomic E-state index is 0.00916. The van der Waals surface area contributed by atoms with E-state index >= 15 is 0 Å². The lowest BCUT2D eigenvalue weighted by Crippen LogP contribution is -2.27. The Morgan fingerprint density at radius 1 is 1.14 bits per heavy atom. The highest BCUT2D eigenvalue weighted by Gasteiger charge is 2.20. The van der Waals surface area contributed by atoms with Crippen LogP contribution in [0.2, 0.25) is 5.02 Å². The highest BCUT2D eigenvalue weighted by molar-refractivity contribution is 8.13. The van der Waals surface area contributed by atoms with E-state index in [1.807, 2.05) is 36.4 Å². The second-order valence-electron chi connectivity index (χ2n) is 7.71. The maximum absolute atomic E-state index is 12.8. The van der Waals surface area contributed by atoms with E-state index in [0.717, 1.165) is 27.1 Å². The number of hydrogen-bond donors (Lipinski definition) is 3. The van der Waals surface area contributed by atoms with Crippen LogP contribution in [0.4, 0.5) is 0 Å². The van der Waals surface area contributed by atoms with E-state index in [2.05, 4.69) is 10.4 Å². The molecule has 36 heavy (non-hydrogen) atoms. The molecule has 0 aliphatic rings. The second-order valence-corrected chi connectivity index (χ2v) is 12.4. The molecule has 0 saturated carbocycles. The molecule has 4 rings (SSSR count). The number of sulfone groups is 1. The number of aromatic nitrogens is 2. The first-order valence-corrected chi connectivity index (χ1v) is 14.7. The number of thioether (sulfide) groups is 1. The fourth-order valence-corrected chi connectivity index (χ4v) is 5.71. The van der Waals surface area contributed by atoms with Gasteiger partial charge in [-0.1, -0.05) is 47.6 Å². The molecule has 4 N–H and O–H groups in total. The zero-order valence-electron chi connectivity index (χ0n) is 19.1. The Morgan fingerprint density at radius 3 is 2.61 bits per heavy atom. The Kier molecular flexibility index (Phi) is 7.84. The van der Waals surface area contributed by atoms with Gasteiger partial charge in [-0.25, -0.2) is 13.1 Å². The smallest absolute Gasteiger partial charge is 0.271 e. The third kappa shape index (κ3) is 5.98. The summed E-state index contributed by atoms with van der Waals surface area (Å²) in [5.74, 6) is 0.115. The summed E-state index contributed by atoms with van der Waals surface area (Å²) in [6, 6.07) is 19.5. The number of carbonyl (C=O) groups excluding carboxylic acids is 1. The Bertz CT molecular complexity index is 1550. The minimum Gasteiger partial charge on any atom is -0.379 e. The van der Waals surface area contributed by atoms with Crippen molar-refractivity contribution in [3.05, 3.63) is 77.4 Å². The van der Waals surface area contributed by atoms with Crippen LogP contribution < -0.4 is 11.1 Å². The van der Waals surface area contributed by atoms with E-state index in [9.17, 15) is 13.2 Å². The first kappa shape index (κ1) is 26.0. The van der Waals surface area contributed by atoms with E-state index in [1.54, 1.807) is 35.0 Å². The van der Waals surface area contributed by atoms with Crippen molar-refractivity contribution in [3.8, 4) is 26.7 Å². The third-order valence-electron chi connectivity index (χ3n) is 5.07. The number of hydrogen-bond acceptors (Lipinski definition) is 7. The normalized spacial score (nSPS) is 11.4. The average molecular weight is 560 g/mol. The van der Waals surface area contributed by atoms with E-state index < -0.39 is 9.84 Å². The van der Waals surface area contributed by atoms with Crippen LogP contribution in [0, 0.1) is 5.41 Å². The number of rotatable bonds is 8. The number of nitrogens with two attached hydrogens (primary N) is 1. The SMILES string of the molecule is CS(=O)(=O)c1cccc(-c2ccc(-c3cc(C(=O)NCCSC(=N)N)nn3-c3ccccc3Cl)s2)c1. The fourth-order valence-electron chi connectivity index (χ4n) is 3.40. The molecule has 0 saturated heterocycles. The Balaban J connectivity index is 1.71. The van der Waals surface area contributed by atoms with Crippen molar-refractivity contribution in [1.29, 1.82) is 5.41 Å². The summed E-state index contributed by atoms with van der Waals surface area (Å²) >= 11 is 9.05. The minimum atomic E-state index is -3.34. The van der Waals surface area contributed by atoms with Crippen LogP contribution in [0.15, 0.2) is 71.6 Å². The molecule has 0 radical (unpaired) electrons. The Labute approximate surface area is 221 Å². The largest absolute Gasteiger partial charge is 0.379 e. The molecule has 186 valence electrons. The number of amidine groups is 1. The monoisotopic (exact) mass is 559 g/mol. The molecule has 0 unspecified atom stereocenters. The van der Waals surface area contributed by atoms with Gasteiger partial charge in [-0.2, -0.15) is 5.10 Å². The van der Waals surface area contributed by atoms with Gasteiger partial charge >= 0.3 is 0 Å². The molecule has 12 heteroatoms. The lowest BCUT2D eigenvalue weighted by Gasteiger charge is -2.08. The topological polar surface area (TPSA) is 131 Å². The number of halogens is 1. The van der Waals surface area contributed by atoms with Gasteiger partial charge in [-0.05, 0) is 48.0 Å². The van der Waals surface area contributed by atoms with Gasteiger partial charge in [-0.15, -0.1) is 11.3 Å². The van der Waals surface area contributed by atoms with Crippen LogP contribution in [0.3, 0.4) is 0 Å². The molecule has 2 heterocycles. The van der Waals surface area contributed by atoms with Crippen molar-refractivity contribution in [3.63, 3.8) is 0 Å². The van der Waals surface area contributed by atoms with Crippen LogP contribution in [0.25, 0.3) is 26.7 Å². The van der Waals surface area contributed by atoms with E-state index in [0.29, 0.717) is 28.7 Å². The second kappa shape index (κ2) is 10.9. The van der Waals surface area contributed by atoms with Gasteiger partial charge in [0.2, 0.25) is 0 Å². The van der Waals surface area contributed by atoms with Crippen LogP contribution in [-0.2, 0) is 9.84 Å². The van der Waals surface area contributed by atoms with Gasteiger partial charge in [-0.3, -0.25) is 10.2 Å². The lowest BCUT2D eigenvalue weighted by molar-refractivity contribution is 0.0950. The van der Waals surface area contributed by atoms with Crippen molar-refractivity contribution < 1.29 is 13.2 Å². The van der Waals surface area contributed by atoms with Crippen molar-refractivity contribution in [2.24, 2.45) is 5.73 Å². The zero-order chi connectivity index (χ0) is 25.9. The van der Waals surface area contributed by atoms with Crippen LogP contribution in [-0.4, -0.2) is 47.8 Å². The molecule has 0 bridgehead atoms. The molecule has 2 aromatic carbocycles. The van der Waals surface area contributed by atoms with E-state index in [-0.39, 0.29) is 21.7 Å². The van der Waals surface area contributed by atoms with Gasteiger partial charge < -0.3 is 11.1 Å². The fraction of sp³-hybridized carbons (Fsp3) is 0.125. The number of amides is 1. The van der Waals surface area contributed by atoms with Crippen molar-refractivity contribution in [1.82, 2.24) is 15.1 Å². The van der Waals surface area contributed by atoms with Crippen molar-refractivity contribution in [2.75, 3.05) is 18.6 Å². The standard InChI is InChI=1S/C24H22ClN5O3S3/c1-36(32,33)16-6-4-5-15(13-16)21-9-10-22(35-21)20-14-18(23(31)28-11-12-34-24(26)27)29-30(20)19-8-3-2-7-17(19)25/h2-10,13-14H,11-12H2,1H3,(H3,26,27)(H,28,31). The van der Waals surface area contributed by atoms with Crippen LogP contribution in [0.1, 0.15) is 10.5 Å². The van der Waals surface area contributed by atoms with Crippen LogP contribution in [0.5, 0.6) is 0 Å². The Hall–Kier alpha value is -3.12. The highest BCUT2D eigenvalue weighted by atomic mass is 35.5. The number of nitrogens with one attached hydrogen (secondary N) is 2. The number of benzene rings is 2. The maximum atomic E-state index is 12.8. The molecule has 0 fully saturated rings. The van der Waals surface area contributed by atoms with Gasteiger partial charge in [0.05, 0.1) is 26.2 Å². The lowest BCUT2D eigenvalue weighted by atomic mass is 10.2. The molecule has 0 aliphatic heterocycles. The maximum Gasteiger partial charge on any atom is 0.271 e. The molecule has 4 aromatic rings. The van der Waals surface area contributed by atoms with E-state index in [1.165, 1.54) is 17.6 Å². The zero-order valence-corrected chi connectivity index (χ0v) is 22.3. The number of carbonyl (C=O) groups is 1. The average Bonchev–Trinajstić information content (AvgIpc) is 3.49. The Morgan fingerprint density at radius 2 is 1.89 bits per heavy atom. The van der Waals surface area contributed by atoms with Gasteiger partial charge in [0, 0.05) is 23.4 Å². The summed E-state index contributed by atoms with van der Waals surface area (Å²) < 4.78 is 25.6. The summed E-state index contributed by atoms with van der Waals surface area (Å²) in [4.78, 5) is 14.7. The summed E-state index contributed by atoms with van der Waals surface area (Å²) in [7, 11) is -3.34. The number of thiophene rings is 1. The summed E-state index contributed by atoms with van der Waals surface area (Å²) in [5, 5.41) is 15.1. The number of para-hydroxylation sites is 1. The molecule has 8 nitrogen and oxygen atoms in total. The first-order valence-electron chi connectivity index (χ1n) is 10.6. The molecular weight excluding hydrogens is 538 g/mol. The summed E-state index contributed by atoms with van der Waals surface area (Å²) in [6.07, 6.45) is 1.18. The molecule has 0 aliphatic carbocycles. The predicted octanol–water partition coefficient (Wildman–Crippen LogP) is 4.68. The van der Waals surface area contributed by atoms with Crippen LogP contribution >= 0.6 is 34.7 Å². The van der Waals surface area contributed by atoms with Crippen molar-refractivity contribution >= 4 is 55.6 Å². The van der Waals surface area contributed by atoms with Crippen molar-refractivity contribution in [2.45, 2.75) is 4.90 Å². The van der Waals surface area contributed by atoms with E-state index in [4.69, 9.17) is 22.7 Å². The molecule has 0 spiro atoms. The first-order chi connectivity index (χ1) is 17.1. The summed E-state index contributed by atoms with van der Waals surface area (Å²) in [5.41, 5.74) is 7.62. The molecule has 0 atom stereocenters. The van der Waals surface area contributed by atoms with Gasteiger partial charge in [0.25, 0.3) is 5.91 Å². The quantitative estimate of drug-likeness (QED) is 0.163. The highest BCUT2D eigenvalue weighted by Crippen LogP contribution is 2.37. The van der Waals surface area contributed by atoms with Gasteiger partial charge in [0.1, 0.15) is 0 Å². The third-order valence-corrected chi connectivity index (χ3v) is 8.38. The van der Waals surface area contributed by atoms with Gasteiger partial charge in [0.15, 0.2) is 20.7 Å². The molecular formula is C24H22ClN5O3S3. The predicted molar refractivity (Wildman–Crippen MR) is 147 cm³/mol.